The average Bonchev–Trinajstić information content (AvgIpc) is 2.69. The number of carbonyl (C=O) groups excluding carboxylic acids is 1. The fraction of sp³-hybridized carbons (Fsp3) is 0.429. The van der Waals surface area contributed by atoms with Crippen molar-refractivity contribution in [3.63, 3.8) is 0 Å². The van der Waals surface area contributed by atoms with E-state index in [2.05, 4.69) is 4.98 Å². The fourth-order valence-electron chi connectivity index (χ4n) is 2.36. The van der Waals surface area contributed by atoms with E-state index in [4.69, 9.17) is 12.2 Å². The zero-order chi connectivity index (χ0) is 14.0. The number of aromatic amines is 1. The van der Waals surface area contributed by atoms with Crippen molar-refractivity contribution in [1.29, 1.82) is 0 Å². The lowest BCUT2D eigenvalue weighted by Gasteiger charge is -2.19. The third-order valence-corrected chi connectivity index (χ3v) is 3.73. The zero-order valence-electron chi connectivity index (χ0n) is 11.6. The lowest BCUT2D eigenvalue weighted by atomic mass is 10.2. The van der Waals surface area contributed by atoms with Gasteiger partial charge in [-0.15, -0.1) is 0 Å². The number of nitrogens with one attached hydrogen (secondary N) is 1. The number of hydrogen-bond donors (Lipinski definition) is 1. The van der Waals surface area contributed by atoms with Gasteiger partial charge in [0.25, 0.3) is 0 Å². The predicted octanol–water partition coefficient (Wildman–Crippen LogP) is 2.88. The van der Waals surface area contributed by atoms with Gasteiger partial charge in [0.2, 0.25) is 5.91 Å². The van der Waals surface area contributed by atoms with Crippen LogP contribution < -0.4 is 0 Å². The second-order valence-electron chi connectivity index (χ2n) is 4.55. The zero-order valence-corrected chi connectivity index (χ0v) is 12.4. The molecule has 2 aromatic rings. The van der Waals surface area contributed by atoms with Crippen molar-refractivity contribution in [2.24, 2.45) is 0 Å². The molecule has 0 unspecified atom stereocenters. The van der Waals surface area contributed by atoms with Gasteiger partial charge in [-0.3, -0.25) is 4.79 Å². The smallest absolute Gasteiger partial charge is 0.242 e. The summed E-state index contributed by atoms with van der Waals surface area (Å²) < 4.78 is 2.49. The monoisotopic (exact) mass is 277 g/mol. The molecule has 0 aliphatic heterocycles. The number of hydrogen-bond acceptors (Lipinski definition) is 2. The molecule has 4 nitrogen and oxygen atoms in total. The number of para-hydroxylation sites is 1. The first-order chi connectivity index (χ1) is 9.08. The average molecular weight is 277 g/mol. The highest BCUT2D eigenvalue weighted by molar-refractivity contribution is 7.71. The molecule has 102 valence electrons. The normalized spacial score (nSPS) is 10.9. The molecule has 1 amide bonds. The first kappa shape index (κ1) is 13.8. The minimum Gasteiger partial charge on any atom is -0.342 e. The Labute approximate surface area is 118 Å². The number of carbonyl (C=O) groups is 1. The highest BCUT2D eigenvalue weighted by atomic mass is 32.1. The summed E-state index contributed by atoms with van der Waals surface area (Å²) in [6.45, 7) is 7.75. The molecule has 0 spiro atoms. The molecule has 1 aromatic heterocycles. The Morgan fingerprint density at radius 1 is 1.37 bits per heavy atom. The highest BCUT2D eigenvalue weighted by Gasteiger charge is 2.14. The molecule has 0 saturated carbocycles. The van der Waals surface area contributed by atoms with Crippen molar-refractivity contribution < 1.29 is 4.79 Å². The topological polar surface area (TPSA) is 41.0 Å². The van der Waals surface area contributed by atoms with Crippen LogP contribution >= 0.6 is 12.2 Å². The summed E-state index contributed by atoms with van der Waals surface area (Å²) in [4.78, 5) is 17.2. The maximum atomic E-state index is 12.2. The van der Waals surface area contributed by atoms with Crippen molar-refractivity contribution in [1.82, 2.24) is 14.5 Å². The van der Waals surface area contributed by atoms with Crippen molar-refractivity contribution >= 4 is 29.2 Å². The third kappa shape index (κ3) is 2.56. The molecule has 1 aromatic carbocycles. The molecule has 19 heavy (non-hydrogen) atoms. The Morgan fingerprint density at radius 2 is 2.05 bits per heavy atom. The van der Waals surface area contributed by atoms with E-state index in [9.17, 15) is 4.79 Å². The van der Waals surface area contributed by atoms with Gasteiger partial charge in [0.15, 0.2) is 4.77 Å². The number of nitrogens with zero attached hydrogens (tertiary/aromatic N) is 2. The Hall–Kier alpha value is -1.62. The first-order valence-corrected chi connectivity index (χ1v) is 6.95. The van der Waals surface area contributed by atoms with E-state index in [1.807, 2.05) is 48.4 Å². The number of likely N-dealkylation sites (N-methyl/N-ethyl adjacent to an activating group) is 1. The number of fused-ring (bicyclic) bond motifs is 1. The maximum Gasteiger partial charge on any atom is 0.242 e. The van der Waals surface area contributed by atoms with Crippen LogP contribution in [0.4, 0.5) is 0 Å². The van der Waals surface area contributed by atoms with Crippen LogP contribution in [0.5, 0.6) is 0 Å². The van der Waals surface area contributed by atoms with Gasteiger partial charge in [0, 0.05) is 13.1 Å². The van der Waals surface area contributed by atoms with Gasteiger partial charge in [-0.05, 0) is 44.6 Å². The Bertz CT molecular complexity index is 652. The number of imidazole rings is 1. The van der Waals surface area contributed by atoms with Crippen LogP contribution in [0.15, 0.2) is 18.2 Å². The van der Waals surface area contributed by atoms with Gasteiger partial charge in [0.05, 0.1) is 11.0 Å². The van der Waals surface area contributed by atoms with Crippen LogP contribution in [-0.2, 0) is 11.3 Å². The molecule has 0 fully saturated rings. The van der Waals surface area contributed by atoms with Gasteiger partial charge >= 0.3 is 0 Å². The quantitative estimate of drug-likeness (QED) is 0.873. The number of aromatic nitrogens is 2. The molecule has 0 saturated heterocycles. The van der Waals surface area contributed by atoms with Crippen LogP contribution in [0, 0.1) is 11.7 Å². The standard InChI is InChI=1S/C14H19N3OS/c1-4-16(5-2)12(18)9-17-13-10(3)7-6-8-11(13)15-14(17)19/h6-8H,4-5,9H2,1-3H3,(H,15,19). The van der Waals surface area contributed by atoms with Crippen molar-refractivity contribution in [2.45, 2.75) is 27.3 Å². The molecular weight excluding hydrogens is 258 g/mol. The number of aryl methyl sites for hydroxylation is 1. The van der Waals surface area contributed by atoms with Crippen molar-refractivity contribution in [2.75, 3.05) is 13.1 Å². The van der Waals surface area contributed by atoms with Gasteiger partial charge in [-0.2, -0.15) is 0 Å². The summed E-state index contributed by atoms with van der Waals surface area (Å²) in [7, 11) is 0. The molecular formula is C14H19N3OS. The van der Waals surface area contributed by atoms with E-state index in [0.717, 1.165) is 29.7 Å². The van der Waals surface area contributed by atoms with Gasteiger partial charge in [-0.1, -0.05) is 12.1 Å². The summed E-state index contributed by atoms with van der Waals surface area (Å²) in [5.74, 6) is 0.102. The van der Waals surface area contributed by atoms with E-state index < -0.39 is 0 Å². The summed E-state index contributed by atoms with van der Waals surface area (Å²) in [6, 6.07) is 6.00. The maximum absolute atomic E-state index is 12.2. The molecule has 5 heteroatoms. The number of rotatable bonds is 4. The van der Waals surface area contributed by atoms with Crippen LogP contribution in [0.25, 0.3) is 11.0 Å². The van der Waals surface area contributed by atoms with E-state index in [-0.39, 0.29) is 5.91 Å². The van der Waals surface area contributed by atoms with Gasteiger partial charge in [-0.25, -0.2) is 0 Å². The van der Waals surface area contributed by atoms with E-state index in [1.54, 1.807) is 0 Å². The Kier molecular flexibility index (Phi) is 4.04. The fourth-order valence-corrected chi connectivity index (χ4v) is 2.63. The van der Waals surface area contributed by atoms with Crippen LogP contribution in [0.2, 0.25) is 0 Å². The molecule has 0 bridgehead atoms. The Morgan fingerprint density at radius 3 is 2.68 bits per heavy atom. The summed E-state index contributed by atoms with van der Waals surface area (Å²) in [5, 5.41) is 0. The number of benzene rings is 1. The second kappa shape index (κ2) is 5.57. The molecule has 2 rings (SSSR count). The van der Waals surface area contributed by atoms with Crippen molar-refractivity contribution in [3.8, 4) is 0 Å². The first-order valence-electron chi connectivity index (χ1n) is 6.54. The molecule has 0 aliphatic carbocycles. The Balaban J connectivity index is 2.43. The SMILES string of the molecule is CCN(CC)C(=O)Cn1c(=S)[nH]c2cccc(C)c21. The summed E-state index contributed by atoms with van der Waals surface area (Å²) in [6.07, 6.45) is 0. The van der Waals surface area contributed by atoms with Crippen LogP contribution in [-0.4, -0.2) is 33.4 Å². The molecule has 0 aliphatic rings. The predicted molar refractivity (Wildman–Crippen MR) is 79.8 cm³/mol. The van der Waals surface area contributed by atoms with Crippen LogP contribution in [0.3, 0.4) is 0 Å². The van der Waals surface area contributed by atoms with Gasteiger partial charge in [0.1, 0.15) is 6.54 Å². The van der Waals surface area contributed by atoms with E-state index in [1.165, 1.54) is 0 Å². The molecule has 0 atom stereocenters. The lowest BCUT2D eigenvalue weighted by Crippen LogP contribution is -2.33. The highest BCUT2D eigenvalue weighted by Crippen LogP contribution is 2.18. The van der Waals surface area contributed by atoms with E-state index in [0.29, 0.717) is 11.3 Å². The molecule has 1 N–H and O–H groups in total. The minimum absolute atomic E-state index is 0.102. The van der Waals surface area contributed by atoms with Crippen molar-refractivity contribution in [3.05, 3.63) is 28.5 Å². The number of H-pyrrole nitrogens is 1. The third-order valence-electron chi connectivity index (χ3n) is 3.40. The summed E-state index contributed by atoms with van der Waals surface area (Å²) in [5.41, 5.74) is 3.13. The summed E-state index contributed by atoms with van der Waals surface area (Å²) >= 11 is 5.33. The molecule has 0 radical (unpaired) electrons. The largest absolute Gasteiger partial charge is 0.342 e. The van der Waals surface area contributed by atoms with Crippen LogP contribution in [0.1, 0.15) is 19.4 Å². The molecule has 1 heterocycles. The lowest BCUT2D eigenvalue weighted by molar-refractivity contribution is -0.131. The van der Waals surface area contributed by atoms with E-state index >= 15 is 0 Å². The van der Waals surface area contributed by atoms with Gasteiger partial charge < -0.3 is 14.5 Å². The minimum atomic E-state index is 0.102. The number of amides is 1. The second-order valence-corrected chi connectivity index (χ2v) is 4.94.